The van der Waals surface area contributed by atoms with Crippen LogP contribution in [-0.4, -0.2) is 12.5 Å². The molecular formula is C15H12BrClFNO2. The van der Waals surface area contributed by atoms with Crippen molar-refractivity contribution in [3.8, 4) is 5.75 Å². The van der Waals surface area contributed by atoms with Crippen molar-refractivity contribution in [1.29, 1.82) is 0 Å². The molecule has 0 aliphatic carbocycles. The molecule has 0 radical (unpaired) electrons. The van der Waals surface area contributed by atoms with Crippen LogP contribution in [0.2, 0.25) is 5.02 Å². The van der Waals surface area contributed by atoms with Gasteiger partial charge in [0.2, 0.25) is 0 Å². The highest BCUT2D eigenvalue weighted by molar-refractivity contribution is 9.10. The van der Waals surface area contributed by atoms with Crippen molar-refractivity contribution >= 4 is 39.1 Å². The first-order valence-corrected chi connectivity index (χ1v) is 7.26. The van der Waals surface area contributed by atoms with E-state index in [1.165, 1.54) is 18.2 Å². The maximum absolute atomic E-state index is 13.0. The van der Waals surface area contributed by atoms with Crippen LogP contribution >= 0.6 is 27.5 Å². The third-order valence-corrected chi connectivity index (χ3v) is 3.48. The molecule has 0 saturated heterocycles. The number of aryl methyl sites for hydroxylation is 1. The molecule has 1 N–H and O–H groups in total. The molecule has 0 fully saturated rings. The van der Waals surface area contributed by atoms with Gasteiger partial charge in [-0.25, -0.2) is 4.39 Å². The fraction of sp³-hybridized carbons (Fsp3) is 0.133. The minimum Gasteiger partial charge on any atom is -0.483 e. The third-order valence-electron chi connectivity index (χ3n) is 2.70. The van der Waals surface area contributed by atoms with Gasteiger partial charge in [0.15, 0.2) is 6.61 Å². The molecule has 0 saturated carbocycles. The summed E-state index contributed by atoms with van der Waals surface area (Å²) in [5, 5.41) is 2.54. The number of carbonyl (C=O) groups is 1. The van der Waals surface area contributed by atoms with Crippen LogP contribution in [0.1, 0.15) is 5.56 Å². The van der Waals surface area contributed by atoms with Crippen LogP contribution in [0.5, 0.6) is 5.75 Å². The second kappa shape index (κ2) is 6.91. The fourth-order valence-corrected chi connectivity index (χ4v) is 2.35. The molecule has 110 valence electrons. The molecule has 0 bridgehead atoms. The minimum atomic E-state index is -0.531. The second-order valence-electron chi connectivity index (χ2n) is 4.38. The van der Waals surface area contributed by atoms with E-state index >= 15 is 0 Å². The van der Waals surface area contributed by atoms with Crippen LogP contribution in [0, 0.1) is 12.7 Å². The Kier molecular flexibility index (Phi) is 5.20. The van der Waals surface area contributed by atoms with E-state index in [-0.39, 0.29) is 17.5 Å². The summed E-state index contributed by atoms with van der Waals surface area (Å²) in [5.41, 5.74) is 1.34. The van der Waals surface area contributed by atoms with E-state index in [0.29, 0.717) is 11.4 Å². The smallest absolute Gasteiger partial charge is 0.262 e. The van der Waals surface area contributed by atoms with Gasteiger partial charge in [0.25, 0.3) is 5.91 Å². The number of anilines is 1. The zero-order valence-electron chi connectivity index (χ0n) is 11.1. The average Bonchev–Trinajstić information content (AvgIpc) is 2.42. The molecule has 2 aromatic carbocycles. The molecule has 1 amide bonds. The Morgan fingerprint density at radius 3 is 2.76 bits per heavy atom. The summed E-state index contributed by atoms with van der Waals surface area (Å²) in [4.78, 5) is 11.8. The lowest BCUT2D eigenvalue weighted by molar-refractivity contribution is -0.118. The first-order valence-electron chi connectivity index (χ1n) is 6.09. The van der Waals surface area contributed by atoms with E-state index in [0.717, 1.165) is 10.0 Å². The molecule has 0 heterocycles. The molecule has 0 aliphatic heterocycles. The predicted molar refractivity (Wildman–Crippen MR) is 84.4 cm³/mol. The van der Waals surface area contributed by atoms with Gasteiger partial charge >= 0.3 is 0 Å². The Balaban J connectivity index is 1.94. The van der Waals surface area contributed by atoms with Gasteiger partial charge in [0, 0.05) is 10.2 Å². The number of nitrogens with one attached hydrogen (secondary N) is 1. The Morgan fingerprint density at radius 1 is 1.33 bits per heavy atom. The molecule has 0 spiro atoms. The van der Waals surface area contributed by atoms with Crippen molar-refractivity contribution in [2.45, 2.75) is 6.92 Å². The highest BCUT2D eigenvalue weighted by Gasteiger charge is 2.07. The van der Waals surface area contributed by atoms with E-state index in [9.17, 15) is 9.18 Å². The quantitative estimate of drug-likeness (QED) is 0.854. The molecule has 0 atom stereocenters. The number of carbonyl (C=O) groups excluding carboxylic acids is 1. The van der Waals surface area contributed by atoms with Crippen molar-refractivity contribution in [1.82, 2.24) is 0 Å². The van der Waals surface area contributed by atoms with Crippen LogP contribution < -0.4 is 10.1 Å². The number of amides is 1. The maximum Gasteiger partial charge on any atom is 0.262 e. The summed E-state index contributed by atoms with van der Waals surface area (Å²) in [6, 6.07) is 9.48. The van der Waals surface area contributed by atoms with Crippen LogP contribution in [0.3, 0.4) is 0 Å². The lowest BCUT2D eigenvalue weighted by atomic mass is 10.2. The highest BCUT2D eigenvalue weighted by Crippen LogP contribution is 2.22. The summed E-state index contributed by atoms with van der Waals surface area (Å²) in [6.45, 7) is 1.75. The van der Waals surface area contributed by atoms with Crippen molar-refractivity contribution in [2.24, 2.45) is 0 Å². The van der Waals surface area contributed by atoms with Gasteiger partial charge in [-0.3, -0.25) is 4.79 Å². The molecule has 2 aromatic rings. The molecule has 0 unspecified atom stereocenters. The van der Waals surface area contributed by atoms with Crippen molar-refractivity contribution in [3.63, 3.8) is 0 Å². The summed E-state index contributed by atoms with van der Waals surface area (Å²) < 4.78 is 19.4. The van der Waals surface area contributed by atoms with Gasteiger partial charge in [0.05, 0.1) is 5.02 Å². The summed E-state index contributed by atoms with van der Waals surface area (Å²) in [7, 11) is 0. The number of halogens is 3. The van der Waals surface area contributed by atoms with Crippen LogP contribution in [0.15, 0.2) is 40.9 Å². The molecule has 3 nitrogen and oxygen atoms in total. The van der Waals surface area contributed by atoms with Crippen molar-refractivity contribution in [3.05, 3.63) is 57.3 Å². The third kappa shape index (κ3) is 4.44. The molecule has 0 aromatic heterocycles. The highest BCUT2D eigenvalue weighted by atomic mass is 79.9. The zero-order valence-corrected chi connectivity index (χ0v) is 13.5. The number of rotatable bonds is 4. The largest absolute Gasteiger partial charge is 0.483 e. The van der Waals surface area contributed by atoms with Gasteiger partial charge < -0.3 is 10.1 Å². The van der Waals surface area contributed by atoms with Crippen molar-refractivity contribution in [2.75, 3.05) is 11.9 Å². The topological polar surface area (TPSA) is 38.3 Å². The normalized spacial score (nSPS) is 10.3. The molecular weight excluding hydrogens is 361 g/mol. The first-order chi connectivity index (χ1) is 9.95. The van der Waals surface area contributed by atoms with Gasteiger partial charge in [-0.05, 0) is 48.9 Å². The van der Waals surface area contributed by atoms with Gasteiger partial charge in [0.1, 0.15) is 11.6 Å². The fourth-order valence-electron chi connectivity index (χ4n) is 1.69. The lowest BCUT2D eigenvalue weighted by Crippen LogP contribution is -2.20. The molecule has 0 aliphatic rings. The second-order valence-corrected chi connectivity index (χ2v) is 5.70. The van der Waals surface area contributed by atoms with E-state index in [1.807, 2.05) is 19.1 Å². The monoisotopic (exact) mass is 371 g/mol. The minimum absolute atomic E-state index is 0.0440. The van der Waals surface area contributed by atoms with Crippen molar-refractivity contribution < 1.29 is 13.9 Å². The maximum atomic E-state index is 13.0. The first kappa shape index (κ1) is 15.8. The molecule has 2 rings (SSSR count). The summed E-state index contributed by atoms with van der Waals surface area (Å²) in [6.07, 6.45) is 0. The van der Waals surface area contributed by atoms with E-state index < -0.39 is 5.82 Å². The summed E-state index contributed by atoms with van der Waals surface area (Å²) in [5.74, 6) is -0.248. The molecule has 6 heteroatoms. The molecule has 21 heavy (non-hydrogen) atoms. The standard InChI is InChI=1S/C15H12BrClFNO2/c1-9-6-10(16)2-5-14(9)21-8-15(20)19-11-3-4-13(18)12(17)7-11/h2-7H,8H2,1H3,(H,19,20). The SMILES string of the molecule is Cc1cc(Br)ccc1OCC(=O)Nc1ccc(F)c(Cl)c1. The Hall–Kier alpha value is -1.59. The number of ether oxygens (including phenoxy) is 1. The van der Waals surface area contributed by atoms with Crippen LogP contribution in [-0.2, 0) is 4.79 Å². The van der Waals surface area contributed by atoms with Gasteiger partial charge in [-0.2, -0.15) is 0 Å². The van der Waals surface area contributed by atoms with E-state index in [1.54, 1.807) is 6.07 Å². The number of benzene rings is 2. The number of hydrogen-bond acceptors (Lipinski definition) is 2. The Labute approximate surface area is 135 Å². The van der Waals surface area contributed by atoms with E-state index in [2.05, 4.69) is 21.2 Å². The lowest BCUT2D eigenvalue weighted by Gasteiger charge is -2.10. The van der Waals surface area contributed by atoms with Gasteiger partial charge in [-0.1, -0.05) is 27.5 Å². The summed E-state index contributed by atoms with van der Waals surface area (Å²) >= 11 is 9.00. The van der Waals surface area contributed by atoms with Crippen LogP contribution in [0.4, 0.5) is 10.1 Å². The number of hydrogen-bond donors (Lipinski definition) is 1. The predicted octanol–water partition coefficient (Wildman–Crippen LogP) is 4.57. The van der Waals surface area contributed by atoms with Gasteiger partial charge in [-0.15, -0.1) is 0 Å². The Morgan fingerprint density at radius 2 is 2.10 bits per heavy atom. The average molecular weight is 373 g/mol. The zero-order chi connectivity index (χ0) is 15.4. The van der Waals surface area contributed by atoms with E-state index in [4.69, 9.17) is 16.3 Å². The van der Waals surface area contributed by atoms with Crippen LogP contribution in [0.25, 0.3) is 0 Å². The Bertz CT molecular complexity index is 679.